The molecule has 2 aromatic rings. The van der Waals surface area contributed by atoms with E-state index in [0.29, 0.717) is 24.6 Å². The molecule has 1 saturated carbocycles. The van der Waals surface area contributed by atoms with Crippen LogP contribution >= 0.6 is 0 Å². The van der Waals surface area contributed by atoms with Crippen LogP contribution in [0.3, 0.4) is 0 Å². The normalized spacial score (nSPS) is 16.5. The van der Waals surface area contributed by atoms with E-state index in [2.05, 4.69) is 15.6 Å². The molecular formula is C21H23N3O5. The van der Waals surface area contributed by atoms with Gasteiger partial charge in [0.2, 0.25) is 11.8 Å². The molecule has 2 aliphatic rings. The number of fused-ring (bicyclic) bond motifs is 2. The van der Waals surface area contributed by atoms with Crippen molar-refractivity contribution in [3.05, 3.63) is 41.6 Å². The van der Waals surface area contributed by atoms with Gasteiger partial charge >= 0.3 is 6.09 Å². The van der Waals surface area contributed by atoms with Gasteiger partial charge in [-0.1, -0.05) is 13.0 Å². The van der Waals surface area contributed by atoms with Crippen LogP contribution in [0.15, 0.2) is 30.5 Å². The zero-order valence-corrected chi connectivity index (χ0v) is 16.3. The Bertz CT molecular complexity index is 954. The summed E-state index contributed by atoms with van der Waals surface area (Å²) in [5.74, 6) is 1.64. The van der Waals surface area contributed by atoms with Crippen LogP contribution in [-0.2, 0) is 10.2 Å². The Hall–Kier alpha value is -3.29. The Kier molecular flexibility index (Phi) is 4.77. The smallest absolute Gasteiger partial charge is 0.405 e. The quantitative estimate of drug-likeness (QED) is 0.687. The van der Waals surface area contributed by atoms with E-state index in [4.69, 9.17) is 14.6 Å². The van der Waals surface area contributed by atoms with Gasteiger partial charge < -0.3 is 25.2 Å². The van der Waals surface area contributed by atoms with Crippen LogP contribution < -0.4 is 20.1 Å². The highest BCUT2D eigenvalue weighted by atomic mass is 16.5. The molecule has 0 bridgehead atoms. The first kappa shape index (κ1) is 19.0. The Morgan fingerprint density at radius 3 is 2.72 bits per heavy atom. The van der Waals surface area contributed by atoms with Crippen molar-refractivity contribution in [1.29, 1.82) is 0 Å². The fraction of sp³-hybridized carbons (Fsp3) is 0.381. The number of nitrogens with zero attached hydrogens (tertiary/aromatic N) is 1. The van der Waals surface area contributed by atoms with Gasteiger partial charge in [0.25, 0.3) is 0 Å². The molecule has 2 amide bonds. The summed E-state index contributed by atoms with van der Waals surface area (Å²) in [6.07, 6.45) is 2.78. The summed E-state index contributed by atoms with van der Waals surface area (Å²) in [5, 5.41) is 13.6. The number of aryl methyl sites for hydroxylation is 1. The van der Waals surface area contributed by atoms with Crippen LogP contribution in [0, 0.1) is 6.92 Å². The standard InChI is InChI=1S/C21H23N3O5/c1-3-14(24-20(26)27)19(25)23-13-5-7-16(22-10-13)29-15-6-4-12(2)18-17(15)21(8-9-21)11-28-18/h4-7,10,14,24H,3,8-9,11H2,1-2H3,(H,23,25)(H,26,27)/t14-/m1/s1. The van der Waals surface area contributed by atoms with Crippen molar-refractivity contribution in [1.82, 2.24) is 10.3 Å². The van der Waals surface area contributed by atoms with Gasteiger partial charge in [-0.25, -0.2) is 9.78 Å². The number of amides is 2. The maximum Gasteiger partial charge on any atom is 0.405 e. The van der Waals surface area contributed by atoms with Crippen molar-refractivity contribution in [3.63, 3.8) is 0 Å². The number of benzene rings is 1. The molecule has 1 atom stereocenters. The number of carboxylic acid groups (broad SMARTS) is 1. The molecule has 0 saturated heterocycles. The van der Waals surface area contributed by atoms with Gasteiger partial charge in [-0.3, -0.25) is 4.79 Å². The van der Waals surface area contributed by atoms with Gasteiger partial charge in [0.05, 0.1) is 18.5 Å². The van der Waals surface area contributed by atoms with E-state index in [1.54, 1.807) is 19.1 Å². The first-order valence-corrected chi connectivity index (χ1v) is 9.63. The Labute approximate surface area is 168 Å². The molecule has 152 valence electrons. The van der Waals surface area contributed by atoms with E-state index in [0.717, 1.165) is 35.5 Å². The summed E-state index contributed by atoms with van der Waals surface area (Å²) < 4.78 is 12.0. The zero-order valence-electron chi connectivity index (χ0n) is 16.3. The highest BCUT2D eigenvalue weighted by Gasteiger charge is 2.53. The molecule has 8 heteroatoms. The second-order valence-electron chi connectivity index (χ2n) is 7.54. The second kappa shape index (κ2) is 7.27. The van der Waals surface area contributed by atoms with Gasteiger partial charge in [0, 0.05) is 17.0 Å². The minimum atomic E-state index is -1.24. The van der Waals surface area contributed by atoms with Gasteiger partial charge in [0.15, 0.2) is 0 Å². The van der Waals surface area contributed by atoms with E-state index in [9.17, 15) is 9.59 Å². The Balaban J connectivity index is 1.47. The third-order valence-electron chi connectivity index (χ3n) is 5.43. The molecular weight excluding hydrogens is 374 g/mol. The molecule has 4 rings (SSSR count). The molecule has 1 aromatic carbocycles. The van der Waals surface area contributed by atoms with E-state index in [1.165, 1.54) is 6.20 Å². The lowest BCUT2D eigenvalue weighted by Gasteiger charge is -2.15. The van der Waals surface area contributed by atoms with Crippen LogP contribution in [0.2, 0.25) is 0 Å². The highest BCUT2D eigenvalue weighted by molar-refractivity contribution is 5.96. The number of ether oxygens (including phenoxy) is 2. The summed E-state index contributed by atoms with van der Waals surface area (Å²) in [5.41, 5.74) is 2.77. The first-order chi connectivity index (χ1) is 13.9. The number of pyridine rings is 1. The van der Waals surface area contributed by atoms with E-state index < -0.39 is 18.0 Å². The molecule has 2 heterocycles. The van der Waals surface area contributed by atoms with Crippen molar-refractivity contribution in [2.24, 2.45) is 0 Å². The topological polar surface area (TPSA) is 110 Å². The predicted molar refractivity (Wildman–Crippen MR) is 106 cm³/mol. The number of hydrogen-bond donors (Lipinski definition) is 3. The fourth-order valence-corrected chi connectivity index (χ4v) is 3.63. The van der Waals surface area contributed by atoms with Crippen molar-refractivity contribution < 1.29 is 24.2 Å². The number of carbonyl (C=O) groups is 2. The maximum atomic E-state index is 12.2. The summed E-state index contributed by atoms with van der Waals surface area (Å²) in [6, 6.07) is 6.44. The lowest BCUT2D eigenvalue weighted by atomic mass is 9.95. The van der Waals surface area contributed by atoms with E-state index in [-0.39, 0.29) is 5.41 Å². The van der Waals surface area contributed by atoms with Crippen molar-refractivity contribution in [2.75, 3.05) is 11.9 Å². The maximum absolute atomic E-state index is 12.2. The third kappa shape index (κ3) is 3.70. The molecule has 1 fully saturated rings. The molecule has 29 heavy (non-hydrogen) atoms. The average Bonchev–Trinajstić information content (AvgIpc) is 3.37. The number of rotatable bonds is 6. The molecule has 1 spiro atoms. The monoisotopic (exact) mass is 397 g/mol. The number of aromatic nitrogens is 1. The molecule has 0 radical (unpaired) electrons. The molecule has 1 aliphatic carbocycles. The molecule has 0 unspecified atom stereocenters. The Morgan fingerprint density at radius 2 is 2.10 bits per heavy atom. The molecule has 1 aliphatic heterocycles. The van der Waals surface area contributed by atoms with Crippen molar-refractivity contribution in [2.45, 2.75) is 44.6 Å². The zero-order chi connectivity index (χ0) is 20.6. The largest absolute Gasteiger partial charge is 0.492 e. The fourth-order valence-electron chi connectivity index (χ4n) is 3.63. The van der Waals surface area contributed by atoms with Crippen molar-refractivity contribution >= 4 is 17.7 Å². The summed E-state index contributed by atoms with van der Waals surface area (Å²) >= 11 is 0. The lowest BCUT2D eigenvalue weighted by molar-refractivity contribution is -0.118. The minimum absolute atomic E-state index is 0.0803. The average molecular weight is 397 g/mol. The number of hydrogen-bond acceptors (Lipinski definition) is 5. The van der Waals surface area contributed by atoms with Crippen LogP contribution in [0.4, 0.5) is 10.5 Å². The predicted octanol–water partition coefficient (Wildman–Crippen LogP) is 3.59. The van der Waals surface area contributed by atoms with Crippen LogP contribution in [0.1, 0.15) is 37.3 Å². The van der Waals surface area contributed by atoms with Crippen LogP contribution in [0.5, 0.6) is 17.4 Å². The number of carbonyl (C=O) groups excluding carboxylic acids is 1. The van der Waals surface area contributed by atoms with E-state index >= 15 is 0 Å². The van der Waals surface area contributed by atoms with Crippen LogP contribution in [0.25, 0.3) is 0 Å². The SMILES string of the molecule is CC[C@@H](NC(=O)O)C(=O)Nc1ccc(Oc2ccc(C)c3c2C2(CC2)CO3)nc1. The molecule has 8 nitrogen and oxygen atoms in total. The first-order valence-electron chi connectivity index (χ1n) is 9.63. The number of anilines is 1. The van der Waals surface area contributed by atoms with Gasteiger partial charge in [-0.15, -0.1) is 0 Å². The van der Waals surface area contributed by atoms with Gasteiger partial charge in [-0.05, 0) is 43.9 Å². The number of nitrogens with one attached hydrogen (secondary N) is 2. The summed E-state index contributed by atoms with van der Waals surface area (Å²) in [6.45, 7) is 4.46. The highest BCUT2D eigenvalue weighted by Crippen LogP contribution is 2.59. The second-order valence-corrected chi connectivity index (χ2v) is 7.54. The third-order valence-corrected chi connectivity index (χ3v) is 5.43. The minimum Gasteiger partial charge on any atom is -0.492 e. The summed E-state index contributed by atoms with van der Waals surface area (Å²) in [4.78, 5) is 27.2. The molecule has 3 N–H and O–H groups in total. The lowest BCUT2D eigenvalue weighted by Crippen LogP contribution is -2.42. The van der Waals surface area contributed by atoms with Gasteiger partial charge in [-0.2, -0.15) is 0 Å². The van der Waals surface area contributed by atoms with E-state index in [1.807, 2.05) is 19.1 Å². The molecule has 1 aromatic heterocycles. The van der Waals surface area contributed by atoms with Crippen LogP contribution in [-0.4, -0.2) is 34.7 Å². The van der Waals surface area contributed by atoms with Gasteiger partial charge in [0.1, 0.15) is 17.5 Å². The van der Waals surface area contributed by atoms with Crippen molar-refractivity contribution in [3.8, 4) is 17.4 Å². The summed E-state index contributed by atoms with van der Waals surface area (Å²) in [7, 11) is 0. The Morgan fingerprint density at radius 1 is 1.31 bits per heavy atom.